The topological polar surface area (TPSA) is 78.5 Å². The van der Waals surface area contributed by atoms with Crippen molar-refractivity contribution in [2.75, 3.05) is 19.3 Å². The average Bonchev–Trinajstić information content (AvgIpc) is 2.39. The maximum atomic E-state index is 12.1. The van der Waals surface area contributed by atoms with Crippen LogP contribution in [0.3, 0.4) is 0 Å². The molecule has 0 aromatic rings. The number of carbonyl (C=O) groups excluding carboxylic acids is 1. The molecule has 2 rings (SSSR count). The van der Waals surface area contributed by atoms with Gasteiger partial charge in [-0.25, -0.2) is 17.9 Å². The number of urea groups is 1. The van der Waals surface area contributed by atoms with Crippen molar-refractivity contribution in [3.8, 4) is 0 Å². The summed E-state index contributed by atoms with van der Waals surface area (Å²) >= 11 is 0. The molecular formula is C13H25N3O3S. The van der Waals surface area contributed by atoms with Crippen molar-refractivity contribution < 1.29 is 13.2 Å². The average molecular weight is 303 g/mol. The molecule has 0 bridgehead atoms. The Bertz CT molecular complexity index is 424. The fourth-order valence-corrected chi connectivity index (χ4v) is 3.86. The molecule has 2 N–H and O–H groups in total. The van der Waals surface area contributed by atoms with Crippen molar-refractivity contribution >= 4 is 16.1 Å². The Labute approximate surface area is 121 Å². The zero-order chi connectivity index (χ0) is 14.6. The quantitative estimate of drug-likeness (QED) is 0.818. The zero-order valence-electron chi connectivity index (χ0n) is 12.1. The number of carbonyl (C=O) groups is 1. The Balaban J connectivity index is 1.74. The van der Waals surface area contributed by atoms with Gasteiger partial charge in [0.15, 0.2) is 0 Å². The summed E-state index contributed by atoms with van der Waals surface area (Å²) in [7, 11) is -3.15. The van der Waals surface area contributed by atoms with E-state index in [0.29, 0.717) is 32.0 Å². The van der Waals surface area contributed by atoms with Gasteiger partial charge in [0.25, 0.3) is 0 Å². The lowest BCUT2D eigenvalue weighted by atomic mass is 9.95. The normalized spacial score (nSPS) is 22.8. The number of nitrogens with one attached hydrogen (secondary N) is 2. The van der Waals surface area contributed by atoms with Crippen LogP contribution in [0, 0.1) is 0 Å². The lowest BCUT2D eigenvalue weighted by Gasteiger charge is -2.33. The highest BCUT2D eigenvalue weighted by molar-refractivity contribution is 7.88. The number of amides is 2. The van der Waals surface area contributed by atoms with Crippen LogP contribution in [0.5, 0.6) is 0 Å². The SMILES string of the molecule is CS(=O)(=O)NC1CCN(C(=O)NC2CCCCC2)CC1. The molecule has 7 heteroatoms. The third-order valence-corrected chi connectivity index (χ3v) is 4.86. The van der Waals surface area contributed by atoms with E-state index in [1.807, 2.05) is 0 Å². The molecule has 0 atom stereocenters. The van der Waals surface area contributed by atoms with Gasteiger partial charge in [-0.15, -0.1) is 0 Å². The first kappa shape index (κ1) is 15.6. The van der Waals surface area contributed by atoms with Crippen LogP contribution in [0.1, 0.15) is 44.9 Å². The van der Waals surface area contributed by atoms with Crippen LogP contribution in [0.25, 0.3) is 0 Å². The summed E-state index contributed by atoms with van der Waals surface area (Å²) in [5.74, 6) is 0. The van der Waals surface area contributed by atoms with E-state index in [2.05, 4.69) is 10.0 Å². The molecule has 0 unspecified atom stereocenters. The van der Waals surface area contributed by atoms with Crippen LogP contribution in [0.15, 0.2) is 0 Å². The monoisotopic (exact) mass is 303 g/mol. The van der Waals surface area contributed by atoms with Crippen molar-refractivity contribution in [2.24, 2.45) is 0 Å². The van der Waals surface area contributed by atoms with Gasteiger partial charge in [0, 0.05) is 25.2 Å². The first-order valence-corrected chi connectivity index (χ1v) is 9.36. The van der Waals surface area contributed by atoms with Gasteiger partial charge in [0.05, 0.1) is 6.26 Å². The summed E-state index contributed by atoms with van der Waals surface area (Å²) < 4.78 is 25.0. The first-order chi connectivity index (χ1) is 9.44. The fourth-order valence-electron chi connectivity index (χ4n) is 3.02. The van der Waals surface area contributed by atoms with Crippen molar-refractivity contribution in [3.63, 3.8) is 0 Å². The molecule has 1 aliphatic heterocycles. The highest BCUT2D eigenvalue weighted by atomic mass is 32.2. The molecule has 6 nitrogen and oxygen atoms in total. The van der Waals surface area contributed by atoms with E-state index in [1.54, 1.807) is 4.90 Å². The molecule has 1 saturated heterocycles. The Morgan fingerprint density at radius 1 is 1.00 bits per heavy atom. The number of rotatable bonds is 3. The molecule has 2 aliphatic rings. The van der Waals surface area contributed by atoms with Crippen molar-refractivity contribution in [1.29, 1.82) is 0 Å². The first-order valence-electron chi connectivity index (χ1n) is 7.47. The predicted molar refractivity (Wildman–Crippen MR) is 78.0 cm³/mol. The summed E-state index contributed by atoms with van der Waals surface area (Å²) in [6.07, 6.45) is 8.38. The number of piperidine rings is 1. The smallest absolute Gasteiger partial charge is 0.317 e. The minimum Gasteiger partial charge on any atom is -0.335 e. The van der Waals surface area contributed by atoms with E-state index in [4.69, 9.17) is 0 Å². The van der Waals surface area contributed by atoms with Gasteiger partial charge in [-0.1, -0.05) is 19.3 Å². The Morgan fingerprint density at radius 3 is 2.15 bits per heavy atom. The number of sulfonamides is 1. The zero-order valence-corrected chi connectivity index (χ0v) is 12.9. The molecule has 116 valence electrons. The van der Waals surface area contributed by atoms with Crippen LogP contribution < -0.4 is 10.0 Å². The van der Waals surface area contributed by atoms with Gasteiger partial charge in [0.2, 0.25) is 10.0 Å². The third-order valence-electron chi connectivity index (χ3n) is 4.10. The molecule has 1 saturated carbocycles. The standard InChI is InChI=1S/C13H25N3O3S/c1-20(18,19)15-12-7-9-16(10-8-12)13(17)14-11-5-3-2-4-6-11/h11-12,15H,2-10H2,1H3,(H,14,17). The van der Waals surface area contributed by atoms with Gasteiger partial charge >= 0.3 is 6.03 Å². The number of hydrogen-bond donors (Lipinski definition) is 2. The summed E-state index contributed by atoms with van der Waals surface area (Å²) in [5, 5.41) is 3.10. The van der Waals surface area contributed by atoms with Crippen LogP contribution >= 0.6 is 0 Å². The Kier molecular flexibility index (Phi) is 5.26. The summed E-state index contributed by atoms with van der Waals surface area (Å²) in [4.78, 5) is 13.9. The second-order valence-corrected chi connectivity index (χ2v) is 7.72. The maximum absolute atomic E-state index is 12.1. The number of hydrogen-bond acceptors (Lipinski definition) is 3. The van der Waals surface area contributed by atoms with Crippen LogP contribution in [0.2, 0.25) is 0 Å². The van der Waals surface area contributed by atoms with Crippen LogP contribution in [-0.2, 0) is 10.0 Å². The van der Waals surface area contributed by atoms with Gasteiger partial charge < -0.3 is 10.2 Å². The van der Waals surface area contributed by atoms with Gasteiger partial charge in [0.1, 0.15) is 0 Å². The minimum atomic E-state index is -3.15. The maximum Gasteiger partial charge on any atom is 0.317 e. The highest BCUT2D eigenvalue weighted by Crippen LogP contribution is 2.18. The lowest BCUT2D eigenvalue weighted by Crippen LogP contribution is -2.51. The summed E-state index contributed by atoms with van der Waals surface area (Å²) in [5.41, 5.74) is 0. The molecule has 0 aromatic heterocycles. The highest BCUT2D eigenvalue weighted by Gasteiger charge is 2.26. The second-order valence-electron chi connectivity index (χ2n) is 5.94. The largest absolute Gasteiger partial charge is 0.335 e. The molecule has 2 amide bonds. The van der Waals surface area contributed by atoms with E-state index >= 15 is 0 Å². The summed E-state index contributed by atoms with van der Waals surface area (Å²) in [6, 6.07) is 0.293. The van der Waals surface area contributed by atoms with Gasteiger partial charge in [-0.3, -0.25) is 0 Å². The number of nitrogens with zero attached hydrogens (tertiary/aromatic N) is 1. The fraction of sp³-hybridized carbons (Fsp3) is 0.923. The molecule has 0 aromatic carbocycles. The third kappa shape index (κ3) is 4.94. The van der Waals surface area contributed by atoms with Crippen molar-refractivity contribution in [1.82, 2.24) is 14.9 Å². The van der Waals surface area contributed by atoms with E-state index < -0.39 is 10.0 Å². The molecule has 0 spiro atoms. The Morgan fingerprint density at radius 2 is 1.60 bits per heavy atom. The molecular weight excluding hydrogens is 278 g/mol. The van der Waals surface area contributed by atoms with E-state index in [1.165, 1.54) is 25.5 Å². The second kappa shape index (κ2) is 6.76. The van der Waals surface area contributed by atoms with Crippen LogP contribution in [-0.4, -0.2) is 50.8 Å². The molecule has 2 fully saturated rings. The minimum absolute atomic E-state index is 0.00899. The Hall–Kier alpha value is -0.820. The van der Waals surface area contributed by atoms with Crippen molar-refractivity contribution in [3.05, 3.63) is 0 Å². The predicted octanol–water partition coefficient (Wildman–Crippen LogP) is 1.04. The lowest BCUT2D eigenvalue weighted by molar-refractivity contribution is 0.173. The van der Waals surface area contributed by atoms with E-state index in [0.717, 1.165) is 12.8 Å². The molecule has 1 aliphatic carbocycles. The molecule has 20 heavy (non-hydrogen) atoms. The van der Waals surface area contributed by atoms with Gasteiger partial charge in [-0.05, 0) is 25.7 Å². The molecule has 1 heterocycles. The molecule has 0 radical (unpaired) electrons. The van der Waals surface area contributed by atoms with Crippen molar-refractivity contribution in [2.45, 2.75) is 57.0 Å². The van der Waals surface area contributed by atoms with E-state index in [-0.39, 0.29) is 12.1 Å². The van der Waals surface area contributed by atoms with Gasteiger partial charge in [-0.2, -0.15) is 0 Å². The van der Waals surface area contributed by atoms with Crippen LogP contribution in [0.4, 0.5) is 4.79 Å². The van der Waals surface area contributed by atoms with E-state index in [9.17, 15) is 13.2 Å². The summed E-state index contributed by atoms with van der Waals surface area (Å²) in [6.45, 7) is 1.23. The number of likely N-dealkylation sites (tertiary alicyclic amines) is 1.